The largest absolute Gasteiger partial charge is 0.479 e. The molecule has 0 fully saturated rings. The Hall–Kier alpha value is 0.430. The second kappa shape index (κ2) is 10.5. The van der Waals surface area contributed by atoms with Crippen LogP contribution in [0.15, 0.2) is 0 Å². The molecular formula is C9H18NaO3. The van der Waals surface area contributed by atoms with Crippen molar-refractivity contribution in [2.24, 2.45) is 0 Å². The Bertz CT molecular complexity index is 128. The van der Waals surface area contributed by atoms with Crippen molar-refractivity contribution in [2.45, 2.75) is 51.6 Å². The molecule has 0 rings (SSSR count). The van der Waals surface area contributed by atoms with Crippen LogP contribution >= 0.6 is 0 Å². The summed E-state index contributed by atoms with van der Waals surface area (Å²) >= 11 is 0. The molecule has 2 N–H and O–H groups in total. The van der Waals surface area contributed by atoms with E-state index < -0.39 is 12.1 Å². The van der Waals surface area contributed by atoms with E-state index in [4.69, 9.17) is 10.2 Å². The number of aliphatic carboxylic acids is 1. The molecule has 0 aromatic heterocycles. The molecule has 0 aliphatic rings. The average molecular weight is 197 g/mol. The molecule has 0 saturated carbocycles. The molecule has 0 aromatic rings. The number of rotatable bonds is 7. The predicted octanol–water partition coefficient (Wildman–Crippen LogP) is 1.41. The van der Waals surface area contributed by atoms with Gasteiger partial charge in [-0.1, -0.05) is 39.0 Å². The van der Waals surface area contributed by atoms with Crippen LogP contribution in [0.2, 0.25) is 0 Å². The van der Waals surface area contributed by atoms with Gasteiger partial charge in [0.25, 0.3) is 0 Å². The van der Waals surface area contributed by atoms with Gasteiger partial charge >= 0.3 is 5.97 Å². The van der Waals surface area contributed by atoms with Crippen LogP contribution in [-0.4, -0.2) is 51.8 Å². The Labute approximate surface area is 102 Å². The molecule has 0 spiro atoms. The zero-order valence-electron chi connectivity index (χ0n) is 8.62. The van der Waals surface area contributed by atoms with Crippen molar-refractivity contribution in [1.82, 2.24) is 0 Å². The van der Waals surface area contributed by atoms with Crippen LogP contribution in [0.4, 0.5) is 0 Å². The van der Waals surface area contributed by atoms with E-state index in [1.807, 2.05) is 0 Å². The number of aliphatic hydroxyl groups is 1. The Morgan fingerprint density at radius 3 is 2.23 bits per heavy atom. The number of carboxylic acids is 1. The smallest absolute Gasteiger partial charge is 0.332 e. The Kier molecular flexibility index (Phi) is 12.8. The van der Waals surface area contributed by atoms with Crippen LogP contribution < -0.4 is 0 Å². The van der Waals surface area contributed by atoms with Crippen molar-refractivity contribution >= 4 is 35.5 Å². The molecule has 0 heterocycles. The van der Waals surface area contributed by atoms with E-state index in [2.05, 4.69) is 6.92 Å². The van der Waals surface area contributed by atoms with Gasteiger partial charge in [0.1, 0.15) is 0 Å². The minimum Gasteiger partial charge on any atom is -0.479 e. The van der Waals surface area contributed by atoms with Crippen LogP contribution in [-0.2, 0) is 4.79 Å². The van der Waals surface area contributed by atoms with Crippen molar-refractivity contribution in [3.63, 3.8) is 0 Å². The van der Waals surface area contributed by atoms with Gasteiger partial charge in [-0.2, -0.15) is 0 Å². The van der Waals surface area contributed by atoms with E-state index in [-0.39, 0.29) is 29.6 Å². The van der Waals surface area contributed by atoms with Crippen molar-refractivity contribution in [2.75, 3.05) is 0 Å². The molecule has 4 heteroatoms. The van der Waals surface area contributed by atoms with Gasteiger partial charge in [0.2, 0.25) is 0 Å². The van der Waals surface area contributed by atoms with E-state index in [0.717, 1.165) is 19.3 Å². The summed E-state index contributed by atoms with van der Waals surface area (Å²) in [6.45, 7) is 2.13. The molecule has 3 nitrogen and oxygen atoms in total. The molecular weight excluding hydrogens is 179 g/mol. The summed E-state index contributed by atoms with van der Waals surface area (Å²) in [5, 5.41) is 17.2. The fourth-order valence-corrected chi connectivity index (χ4v) is 1.06. The summed E-state index contributed by atoms with van der Waals surface area (Å²) in [7, 11) is 0. The molecule has 1 radical (unpaired) electrons. The van der Waals surface area contributed by atoms with Crippen LogP contribution in [0, 0.1) is 0 Å². The minimum atomic E-state index is -1.16. The second-order valence-electron chi connectivity index (χ2n) is 3.06. The normalized spacial score (nSPS) is 11.8. The van der Waals surface area contributed by atoms with E-state index >= 15 is 0 Å². The van der Waals surface area contributed by atoms with Crippen LogP contribution in [0.5, 0.6) is 0 Å². The number of hydrogen-bond donors (Lipinski definition) is 2. The first kappa shape index (κ1) is 15.9. The zero-order valence-corrected chi connectivity index (χ0v) is 10.6. The monoisotopic (exact) mass is 197 g/mol. The maximum atomic E-state index is 10.2. The van der Waals surface area contributed by atoms with Gasteiger partial charge in [0.05, 0.1) is 0 Å². The van der Waals surface area contributed by atoms with Gasteiger partial charge in [-0.15, -0.1) is 0 Å². The minimum absolute atomic E-state index is 0. The SMILES string of the molecule is CCCCCCCC(O)C(=O)O.[Na]. The fourth-order valence-electron chi connectivity index (χ4n) is 1.06. The third-order valence-electron chi connectivity index (χ3n) is 1.87. The number of carbonyl (C=O) groups is 1. The van der Waals surface area contributed by atoms with Gasteiger partial charge in [-0.3, -0.25) is 0 Å². The summed E-state index contributed by atoms with van der Waals surface area (Å²) in [5.41, 5.74) is 0. The van der Waals surface area contributed by atoms with E-state index in [1.54, 1.807) is 0 Å². The Morgan fingerprint density at radius 2 is 1.77 bits per heavy atom. The molecule has 0 aliphatic heterocycles. The van der Waals surface area contributed by atoms with Crippen LogP contribution in [0.3, 0.4) is 0 Å². The second-order valence-corrected chi connectivity index (χ2v) is 3.06. The maximum absolute atomic E-state index is 10.2. The Balaban J connectivity index is 0. The summed E-state index contributed by atoms with van der Waals surface area (Å²) in [6.07, 6.45) is 4.59. The van der Waals surface area contributed by atoms with Crippen molar-refractivity contribution in [3.8, 4) is 0 Å². The summed E-state index contributed by atoms with van der Waals surface area (Å²) in [4.78, 5) is 10.2. The fraction of sp³-hybridized carbons (Fsp3) is 0.889. The predicted molar refractivity (Wildman–Crippen MR) is 52.8 cm³/mol. The first-order valence-electron chi connectivity index (χ1n) is 4.59. The molecule has 0 saturated heterocycles. The molecule has 13 heavy (non-hydrogen) atoms. The first-order valence-corrected chi connectivity index (χ1v) is 4.59. The third-order valence-corrected chi connectivity index (χ3v) is 1.87. The van der Waals surface area contributed by atoms with Crippen molar-refractivity contribution in [3.05, 3.63) is 0 Å². The van der Waals surface area contributed by atoms with E-state index in [1.165, 1.54) is 12.8 Å². The first-order chi connectivity index (χ1) is 5.68. The molecule has 0 amide bonds. The number of aliphatic hydroxyl groups excluding tert-OH is 1. The van der Waals surface area contributed by atoms with Gasteiger partial charge < -0.3 is 10.2 Å². The van der Waals surface area contributed by atoms with Crippen LogP contribution in [0.25, 0.3) is 0 Å². The van der Waals surface area contributed by atoms with Gasteiger partial charge in [0, 0.05) is 29.6 Å². The molecule has 73 valence electrons. The number of unbranched alkanes of at least 4 members (excludes halogenated alkanes) is 4. The third kappa shape index (κ3) is 10.4. The average Bonchev–Trinajstić information content (AvgIpc) is 2.03. The summed E-state index contributed by atoms with van der Waals surface area (Å²) in [6, 6.07) is 0. The van der Waals surface area contributed by atoms with Crippen molar-refractivity contribution < 1.29 is 15.0 Å². The Morgan fingerprint density at radius 1 is 1.23 bits per heavy atom. The number of hydrogen-bond acceptors (Lipinski definition) is 2. The zero-order chi connectivity index (χ0) is 9.40. The summed E-state index contributed by atoms with van der Waals surface area (Å²) < 4.78 is 0. The van der Waals surface area contributed by atoms with Crippen LogP contribution in [0.1, 0.15) is 45.4 Å². The molecule has 0 bridgehead atoms. The van der Waals surface area contributed by atoms with Gasteiger partial charge in [0.15, 0.2) is 6.10 Å². The molecule has 1 unspecified atom stereocenters. The summed E-state index contributed by atoms with van der Waals surface area (Å²) in [5.74, 6) is -1.11. The quantitative estimate of drug-likeness (QED) is 0.479. The van der Waals surface area contributed by atoms with Gasteiger partial charge in [-0.25, -0.2) is 4.79 Å². The number of carboxylic acid groups (broad SMARTS) is 1. The topological polar surface area (TPSA) is 57.5 Å². The maximum Gasteiger partial charge on any atom is 0.332 e. The van der Waals surface area contributed by atoms with E-state index in [0.29, 0.717) is 6.42 Å². The molecule has 0 aromatic carbocycles. The van der Waals surface area contributed by atoms with E-state index in [9.17, 15) is 4.79 Å². The van der Waals surface area contributed by atoms with Crippen molar-refractivity contribution in [1.29, 1.82) is 0 Å². The van der Waals surface area contributed by atoms with Gasteiger partial charge in [-0.05, 0) is 6.42 Å². The molecule has 0 aliphatic carbocycles. The molecule has 1 atom stereocenters. The standard InChI is InChI=1S/C9H18O3.Na/c1-2-3-4-5-6-7-8(10)9(11)12;/h8,10H,2-7H2,1H3,(H,11,12);.